The molecule has 0 bridgehead atoms. The van der Waals surface area contributed by atoms with Gasteiger partial charge in [0.15, 0.2) is 0 Å². The fourth-order valence-electron chi connectivity index (χ4n) is 3.27. The van der Waals surface area contributed by atoms with Crippen LogP contribution in [0.3, 0.4) is 0 Å². The molecule has 1 heterocycles. The van der Waals surface area contributed by atoms with Crippen LogP contribution >= 0.6 is 0 Å². The third kappa shape index (κ3) is 2.45. The standard InChI is InChI=1S/C18H19N3/c1-13-17(14-5-3-2-4-6-14)9-10-21(13)16-7-8-18(20)15(11-16)12-19/h2-8,11,13,17H,9-10,20H2,1H3/t13-,17-/m1/s1. The van der Waals surface area contributed by atoms with Gasteiger partial charge in [0.05, 0.1) is 5.56 Å². The number of nitriles is 1. The highest BCUT2D eigenvalue weighted by molar-refractivity contribution is 5.63. The Hall–Kier alpha value is -2.47. The second kappa shape index (κ2) is 5.49. The molecule has 1 aliphatic rings. The van der Waals surface area contributed by atoms with Crippen LogP contribution < -0.4 is 10.6 Å². The van der Waals surface area contributed by atoms with Crippen molar-refractivity contribution in [3.63, 3.8) is 0 Å². The highest BCUT2D eigenvalue weighted by atomic mass is 15.2. The third-order valence-corrected chi connectivity index (χ3v) is 4.47. The highest BCUT2D eigenvalue weighted by Crippen LogP contribution is 2.36. The van der Waals surface area contributed by atoms with Crippen molar-refractivity contribution >= 4 is 11.4 Å². The van der Waals surface area contributed by atoms with Gasteiger partial charge < -0.3 is 10.6 Å². The Labute approximate surface area is 125 Å². The largest absolute Gasteiger partial charge is 0.398 e. The van der Waals surface area contributed by atoms with Crippen LogP contribution in [-0.2, 0) is 0 Å². The maximum atomic E-state index is 9.13. The lowest BCUT2D eigenvalue weighted by molar-refractivity contribution is 0.635. The van der Waals surface area contributed by atoms with Gasteiger partial charge in [0.1, 0.15) is 6.07 Å². The molecule has 2 aromatic rings. The summed E-state index contributed by atoms with van der Waals surface area (Å²) in [4.78, 5) is 2.37. The van der Waals surface area contributed by atoms with E-state index in [1.54, 1.807) is 0 Å². The van der Waals surface area contributed by atoms with Crippen molar-refractivity contribution in [2.75, 3.05) is 17.2 Å². The van der Waals surface area contributed by atoms with Gasteiger partial charge in [-0.3, -0.25) is 0 Å². The molecule has 0 amide bonds. The molecule has 106 valence electrons. The molecular weight excluding hydrogens is 258 g/mol. The van der Waals surface area contributed by atoms with E-state index >= 15 is 0 Å². The first kappa shape index (κ1) is 13.5. The maximum absolute atomic E-state index is 9.13. The summed E-state index contributed by atoms with van der Waals surface area (Å²) in [5, 5.41) is 9.13. The molecule has 2 N–H and O–H groups in total. The minimum atomic E-state index is 0.419. The van der Waals surface area contributed by atoms with E-state index in [0.717, 1.165) is 18.7 Å². The molecule has 0 unspecified atom stereocenters. The summed E-state index contributed by atoms with van der Waals surface area (Å²) in [7, 11) is 0. The summed E-state index contributed by atoms with van der Waals surface area (Å²) < 4.78 is 0. The Morgan fingerprint density at radius 3 is 2.67 bits per heavy atom. The van der Waals surface area contributed by atoms with Gasteiger partial charge in [-0.25, -0.2) is 0 Å². The van der Waals surface area contributed by atoms with Crippen LogP contribution in [0.4, 0.5) is 11.4 Å². The van der Waals surface area contributed by atoms with E-state index in [2.05, 4.69) is 48.2 Å². The minimum Gasteiger partial charge on any atom is -0.398 e. The van der Waals surface area contributed by atoms with Crippen molar-refractivity contribution in [3.05, 3.63) is 59.7 Å². The molecule has 0 radical (unpaired) electrons. The highest BCUT2D eigenvalue weighted by Gasteiger charge is 2.31. The first-order valence-electron chi connectivity index (χ1n) is 7.32. The Morgan fingerprint density at radius 1 is 1.19 bits per heavy atom. The number of rotatable bonds is 2. The number of nitrogens with zero attached hydrogens (tertiary/aromatic N) is 2. The first-order chi connectivity index (χ1) is 10.2. The summed E-state index contributed by atoms with van der Waals surface area (Å²) in [6, 6.07) is 19.0. The molecule has 3 nitrogen and oxygen atoms in total. The van der Waals surface area contributed by atoms with Gasteiger partial charge in [-0.05, 0) is 37.1 Å². The summed E-state index contributed by atoms with van der Waals surface area (Å²) >= 11 is 0. The molecule has 3 heteroatoms. The van der Waals surface area contributed by atoms with Crippen molar-refractivity contribution in [3.8, 4) is 6.07 Å². The van der Waals surface area contributed by atoms with E-state index in [1.807, 2.05) is 18.2 Å². The first-order valence-corrected chi connectivity index (χ1v) is 7.32. The van der Waals surface area contributed by atoms with Gasteiger partial charge in [0, 0.05) is 29.9 Å². The van der Waals surface area contributed by atoms with Crippen molar-refractivity contribution < 1.29 is 0 Å². The van der Waals surface area contributed by atoms with Crippen molar-refractivity contribution in [1.29, 1.82) is 5.26 Å². The van der Waals surface area contributed by atoms with Gasteiger partial charge in [0.25, 0.3) is 0 Å². The summed E-state index contributed by atoms with van der Waals surface area (Å²) in [5.74, 6) is 0.536. The average Bonchev–Trinajstić information content (AvgIpc) is 2.90. The zero-order chi connectivity index (χ0) is 14.8. The molecule has 2 atom stereocenters. The topological polar surface area (TPSA) is 53.0 Å². The normalized spacial score (nSPS) is 21.2. The fraction of sp³-hybridized carbons (Fsp3) is 0.278. The number of benzene rings is 2. The number of anilines is 2. The smallest absolute Gasteiger partial charge is 0.101 e. The number of nitrogens with two attached hydrogens (primary N) is 1. The molecule has 2 aromatic carbocycles. The quantitative estimate of drug-likeness (QED) is 0.854. The second-order valence-corrected chi connectivity index (χ2v) is 5.62. The average molecular weight is 277 g/mol. The lowest BCUT2D eigenvalue weighted by Gasteiger charge is -2.27. The Morgan fingerprint density at radius 2 is 1.95 bits per heavy atom. The zero-order valence-electron chi connectivity index (χ0n) is 12.2. The SMILES string of the molecule is C[C@@H]1[C@H](c2ccccc2)CCN1c1ccc(N)c(C#N)c1. The monoisotopic (exact) mass is 277 g/mol. The zero-order valence-corrected chi connectivity index (χ0v) is 12.2. The molecule has 1 saturated heterocycles. The molecule has 1 fully saturated rings. The molecule has 1 aliphatic heterocycles. The lowest BCUT2D eigenvalue weighted by atomic mass is 9.93. The molecule has 3 rings (SSSR count). The van der Waals surface area contributed by atoms with Gasteiger partial charge >= 0.3 is 0 Å². The molecular formula is C18H19N3. The summed E-state index contributed by atoms with van der Waals surface area (Å²) in [6.07, 6.45) is 1.14. The van der Waals surface area contributed by atoms with Crippen molar-refractivity contribution in [2.24, 2.45) is 0 Å². The number of hydrogen-bond acceptors (Lipinski definition) is 3. The van der Waals surface area contributed by atoms with Gasteiger partial charge in [-0.1, -0.05) is 30.3 Å². The van der Waals surface area contributed by atoms with E-state index in [1.165, 1.54) is 5.56 Å². The number of hydrogen-bond donors (Lipinski definition) is 1. The predicted octanol–water partition coefficient (Wildman–Crippen LogP) is 3.52. The molecule has 0 aliphatic carbocycles. The van der Waals surface area contributed by atoms with Crippen molar-refractivity contribution in [2.45, 2.75) is 25.3 Å². The van der Waals surface area contributed by atoms with Crippen LogP contribution in [0.5, 0.6) is 0 Å². The summed E-state index contributed by atoms with van der Waals surface area (Å²) in [5.41, 5.74) is 9.40. The molecule has 0 aromatic heterocycles. The van der Waals surface area contributed by atoms with Crippen LogP contribution in [0.2, 0.25) is 0 Å². The van der Waals surface area contributed by atoms with Gasteiger partial charge in [0.2, 0.25) is 0 Å². The predicted molar refractivity (Wildman–Crippen MR) is 86.2 cm³/mol. The maximum Gasteiger partial charge on any atom is 0.101 e. The third-order valence-electron chi connectivity index (χ3n) is 4.47. The van der Waals surface area contributed by atoms with Gasteiger partial charge in [-0.2, -0.15) is 5.26 Å². The molecule has 0 saturated carbocycles. The van der Waals surface area contributed by atoms with Crippen LogP contribution in [0.15, 0.2) is 48.5 Å². The number of nitrogen functional groups attached to an aromatic ring is 1. The van der Waals surface area contributed by atoms with Crippen LogP contribution in [0.25, 0.3) is 0 Å². The minimum absolute atomic E-state index is 0.419. The Bertz CT molecular complexity index is 673. The van der Waals surface area contributed by atoms with E-state index in [-0.39, 0.29) is 0 Å². The fourth-order valence-corrected chi connectivity index (χ4v) is 3.27. The van der Waals surface area contributed by atoms with Crippen molar-refractivity contribution in [1.82, 2.24) is 0 Å². The van der Waals surface area contributed by atoms with Crippen LogP contribution in [0.1, 0.15) is 30.4 Å². The summed E-state index contributed by atoms with van der Waals surface area (Å²) in [6.45, 7) is 3.27. The van der Waals surface area contributed by atoms with E-state index in [9.17, 15) is 0 Å². The van der Waals surface area contributed by atoms with E-state index in [4.69, 9.17) is 11.0 Å². The Balaban J connectivity index is 1.87. The van der Waals surface area contributed by atoms with Crippen LogP contribution in [0, 0.1) is 11.3 Å². The second-order valence-electron chi connectivity index (χ2n) is 5.62. The van der Waals surface area contributed by atoms with Crippen LogP contribution in [-0.4, -0.2) is 12.6 Å². The Kier molecular flexibility index (Phi) is 3.53. The van der Waals surface area contributed by atoms with E-state index < -0.39 is 0 Å². The lowest BCUT2D eigenvalue weighted by Crippen LogP contribution is -2.29. The van der Waals surface area contributed by atoms with Gasteiger partial charge in [-0.15, -0.1) is 0 Å². The molecule has 21 heavy (non-hydrogen) atoms. The van der Waals surface area contributed by atoms with E-state index in [0.29, 0.717) is 23.2 Å². The molecule has 0 spiro atoms.